The van der Waals surface area contributed by atoms with Crippen LogP contribution in [0.15, 0.2) is 64.6 Å². The lowest BCUT2D eigenvalue weighted by molar-refractivity contribution is -0.140. The number of carbonyl (C=O) groups is 2. The maximum absolute atomic E-state index is 12.6. The first-order valence-electron chi connectivity index (χ1n) is 7.74. The van der Waals surface area contributed by atoms with Gasteiger partial charge in [0.2, 0.25) is 0 Å². The molecule has 3 rings (SSSR count). The number of nitrogens with zero attached hydrogens (tertiary/aromatic N) is 1. The summed E-state index contributed by atoms with van der Waals surface area (Å²) >= 11 is 3.36. The van der Waals surface area contributed by atoms with Crippen LogP contribution in [0.4, 0.5) is 0 Å². The summed E-state index contributed by atoms with van der Waals surface area (Å²) in [6.45, 7) is -0.262. The van der Waals surface area contributed by atoms with Crippen LogP contribution in [0.1, 0.15) is 17.2 Å². The Hall–Kier alpha value is -2.44. The van der Waals surface area contributed by atoms with Gasteiger partial charge in [-0.1, -0.05) is 58.4 Å². The van der Waals surface area contributed by atoms with E-state index < -0.39 is 17.7 Å². The summed E-state index contributed by atoms with van der Waals surface area (Å²) in [5.41, 5.74) is 1.19. The summed E-state index contributed by atoms with van der Waals surface area (Å²) < 4.78 is 0.860. The van der Waals surface area contributed by atoms with Gasteiger partial charge in [0.1, 0.15) is 5.76 Å². The molecule has 6 heteroatoms. The third-order valence-electron chi connectivity index (χ3n) is 4.11. The number of benzene rings is 2. The summed E-state index contributed by atoms with van der Waals surface area (Å²) in [5, 5.41) is 20.0. The molecule has 1 fully saturated rings. The molecular formula is C19H16BrNO4. The molecular weight excluding hydrogens is 386 g/mol. The lowest BCUT2D eigenvalue weighted by Crippen LogP contribution is -2.32. The van der Waals surface area contributed by atoms with Crippen molar-refractivity contribution in [1.29, 1.82) is 0 Å². The molecule has 1 aliphatic rings. The number of ketones is 1. The quantitative estimate of drug-likeness (QED) is 0.469. The molecule has 0 spiro atoms. The number of hydrogen-bond donors (Lipinski definition) is 2. The number of carbonyl (C=O) groups excluding carboxylic acids is 2. The van der Waals surface area contributed by atoms with Crippen LogP contribution in [0.2, 0.25) is 0 Å². The van der Waals surface area contributed by atoms with Crippen molar-refractivity contribution < 1.29 is 19.8 Å². The summed E-state index contributed by atoms with van der Waals surface area (Å²) in [6, 6.07) is 15.1. The molecule has 0 saturated carbocycles. The standard InChI is InChI=1S/C19H16BrNO4/c20-14-8-6-12(7-9-14)16-15(17(23)13-4-2-1-3-5-13)18(24)19(25)21(16)10-11-22/h1-9,16,22-23H,10-11H2/b17-15+/t16-/m1/s1. The predicted molar refractivity (Wildman–Crippen MR) is 96.7 cm³/mol. The predicted octanol–water partition coefficient (Wildman–Crippen LogP) is 2.86. The minimum absolute atomic E-state index is 0.0108. The normalized spacial score (nSPS) is 19.4. The van der Waals surface area contributed by atoms with E-state index in [1.807, 2.05) is 0 Å². The fourth-order valence-corrected chi connectivity index (χ4v) is 3.23. The Balaban J connectivity index is 2.18. The van der Waals surface area contributed by atoms with Crippen molar-refractivity contribution in [3.63, 3.8) is 0 Å². The molecule has 1 amide bonds. The number of halogens is 1. The highest BCUT2D eigenvalue weighted by atomic mass is 79.9. The highest BCUT2D eigenvalue weighted by molar-refractivity contribution is 9.10. The Kier molecular flexibility index (Phi) is 5.01. The SMILES string of the molecule is O=C1C(=O)N(CCO)[C@H](c2ccc(Br)cc2)/C1=C(\O)c1ccccc1. The van der Waals surface area contributed by atoms with Crippen LogP contribution < -0.4 is 0 Å². The molecule has 128 valence electrons. The first kappa shape index (κ1) is 17.4. The van der Waals surface area contributed by atoms with Gasteiger partial charge < -0.3 is 15.1 Å². The summed E-state index contributed by atoms with van der Waals surface area (Å²) in [4.78, 5) is 26.3. The molecule has 2 aromatic carbocycles. The third kappa shape index (κ3) is 3.23. The molecule has 25 heavy (non-hydrogen) atoms. The lowest BCUT2D eigenvalue weighted by atomic mass is 9.95. The first-order chi connectivity index (χ1) is 12.0. The average molecular weight is 402 g/mol. The smallest absolute Gasteiger partial charge is 0.295 e. The molecule has 1 heterocycles. The maximum Gasteiger partial charge on any atom is 0.295 e. The second kappa shape index (κ2) is 7.21. The molecule has 0 bridgehead atoms. The Bertz CT molecular complexity index is 830. The van der Waals surface area contributed by atoms with Crippen molar-refractivity contribution in [2.24, 2.45) is 0 Å². The zero-order valence-electron chi connectivity index (χ0n) is 13.2. The zero-order chi connectivity index (χ0) is 18.0. The molecule has 0 radical (unpaired) electrons. The van der Waals surface area contributed by atoms with Crippen molar-refractivity contribution in [2.75, 3.05) is 13.2 Å². The van der Waals surface area contributed by atoms with Gasteiger partial charge in [0.15, 0.2) is 0 Å². The Morgan fingerprint density at radius 1 is 1.04 bits per heavy atom. The van der Waals surface area contributed by atoms with E-state index in [0.717, 1.165) is 4.47 Å². The van der Waals surface area contributed by atoms with Crippen LogP contribution in [0.5, 0.6) is 0 Å². The fraction of sp³-hybridized carbons (Fsp3) is 0.158. The van der Waals surface area contributed by atoms with E-state index >= 15 is 0 Å². The van der Waals surface area contributed by atoms with Gasteiger partial charge in [-0.15, -0.1) is 0 Å². The first-order valence-corrected chi connectivity index (χ1v) is 8.54. The number of hydrogen-bond acceptors (Lipinski definition) is 4. The molecule has 1 atom stereocenters. The topological polar surface area (TPSA) is 77.8 Å². The average Bonchev–Trinajstić information content (AvgIpc) is 2.88. The van der Waals surface area contributed by atoms with Crippen LogP contribution in [0.25, 0.3) is 5.76 Å². The van der Waals surface area contributed by atoms with Gasteiger partial charge in [-0.25, -0.2) is 0 Å². The van der Waals surface area contributed by atoms with Crippen LogP contribution in [-0.4, -0.2) is 40.0 Å². The number of Topliss-reactive ketones (excluding diaryl/α,β-unsaturated/α-hetero) is 1. The second-order valence-corrected chi connectivity index (χ2v) is 6.55. The van der Waals surface area contributed by atoms with Gasteiger partial charge in [0.25, 0.3) is 11.7 Å². The second-order valence-electron chi connectivity index (χ2n) is 5.63. The Labute approximate surface area is 153 Å². The number of likely N-dealkylation sites (tertiary alicyclic amines) is 1. The minimum Gasteiger partial charge on any atom is -0.507 e. The van der Waals surface area contributed by atoms with Gasteiger partial charge >= 0.3 is 0 Å². The van der Waals surface area contributed by atoms with Gasteiger partial charge in [-0.3, -0.25) is 9.59 Å². The lowest BCUT2D eigenvalue weighted by Gasteiger charge is -2.24. The van der Waals surface area contributed by atoms with Crippen LogP contribution in [-0.2, 0) is 9.59 Å². The molecule has 1 aliphatic heterocycles. The van der Waals surface area contributed by atoms with E-state index in [-0.39, 0.29) is 24.5 Å². The molecule has 1 saturated heterocycles. The Morgan fingerprint density at radius 2 is 1.68 bits per heavy atom. The summed E-state index contributed by atoms with van der Waals surface area (Å²) in [5.74, 6) is -1.69. The Morgan fingerprint density at radius 3 is 2.28 bits per heavy atom. The summed E-state index contributed by atoms with van der Waals surface area (Å²) in [6.07, 6.45) is 0. The molecule has 0 aliphatic carbocycles. The van der Waals surface area contributed by atoms with Crippen LogP contribution in [0, 0.1) is 0 Å². The van der Waals surface area contributed by atoms with Crippen molar-refractivity contribution in [3.8, 4) is 0 Å². The van der Waals surface area contributed by atoms with E-state index in [1.54, 1.807) is 54.6 Å². The van der Waals surface area contributed by atoms with Crippen LogP contribution >= 0.6 is 15.9 Å². The molecule has 2 N–H and O–H groups in total. The van der Waals surface area contributed by atoms with Crippen molar-refractivity contribution in [2.45, 2.75) is 6.04 Å². The van der Waals surface area contributed by atoms with Crippen LogP contribution in [0.3, 0.4) is 0 Å². The minimum atomic E-state index is -0.747. The van der Waals surface area contributed by atoms with Crippen molar-refractivity contribution in [3.05, 3.63) is 75.8 Å². The van der Waals surface area contributed by atoms with E-state index in [2.05, 4.69) is 15.9 Å². The van der Waals surface area contributed by atoms with Gasteiger partial charge in [0, 0.05) is 16.6 Å². The number of amides is 1. The highest BCUT2D eigenvalue weighted by Crippen LogP contribution is 2.39. The van der Waals surface area contributed by atoms with E-state index in [4.69, 9.17) is 0 Å². The number of rotatable bonds is 4. The maximum atomic E-state index is 12.6. The zero-order valence-corrected chi connectivity index (χ0v) is 14.8. The molecule has 0 unspecified atom stereocenters. The number of aliphatic hydroxyl groups excluding tert-OH is 2. The molecule has 2 aromatic rings. The summed E-state index contributed by atoms with van der Waals surface area (Å²) in [7, 11) is 0. The van der Waals surface area contributed by atoms with Gasteiger partial charge in [-0.05, 0) is 17.7 Å². The molecule has 0 aromatic heterocycles. The highest BCUT2D eigenvalue weighted by Gasteiger charge is 2.45. The third-order valence-corrected chi connectivity index (χ3v) is 4.64. The van der Waals surface area contributed by atoms with Crippen molar-refractivity contribution >= 4 is 33.4 Å². The fourth-order valence-electron chi connectivity index (χ4n) is 2.96. The van der Waals surface area contributed by atoms with E-state index in [0.29, 0.717) is 11.1 Å². The van der Waals surface area contributed by atoms with Gasteiger partial charge in [0.05, 0.1) is 18.2 Å². The van der Waals surface area contributed by atoms with E-state index in [1.165, 1.54) is 4.90 Å². The van der Waals surface area contributed by atoms with Crippen molar-refractivity contribution in [1.82, 2.24) is 4.90 Å². The van der Waals surface area contributed by atoms with Gasteiger partial charge in [-0.2, -0.15) is 0 Å². The number of aliphatic hydroxyl groups is 2. The van der Waals surface area contributed by atoms with E-state index in [9.17, 15) is 19.8 Å². The largest absolute Gasteiger partial charge is 0.507 e. The monoisotopic (exact) mass is 401 g/mol. The number of β-amino-alcohol motifs (C(OH)–C–C–N with tert-alkyl or cyclic N) is 1. The molecule has 5 nitrogen and oxygen atoms in total.